The Balaban J connectivity index is 1.69. The molecule has 0 unspecified atom stereocenters. The van der Waals surface area contributed by atoms with Crippen LogP contribution in [0.15, 0.2) is 24.3 Å². The summed E-state index contributed by atoms with van der Waals surface area (Å²) in [5, 5.41) is 12.2. The smallest absolute Gasteiger partial charge is 0.310 e. The lowest BCUT2D eigenvalue weighted by atomic mass is 9.78. The molecule has 2 saturated heterocycles. The number of carboxylic acids is 1. The number of carbonyl (C=O) groups is 2. The van der Waals surface area contributed by atoms with E-state index in [0.29, 0.717) is 5.69 Å². The molecule has 1 amide bonds. The van der Waals surface area contributed by atoms with Crippen LogP contribution in [-0.4, -0.2) is 29.2 Å². The van der Waals surface area contributed by atoms with E-state index in [-0.39, 0.29) is 18.1 Å². The number of amides is 1. The number of aryl methyl sites for hydroxylation is 1. The first-order chi connectivity index (χ1) is 10.6. The van der Waals surface area contributed by atoms with Gasteiger partial charge in [0.15, 0.2) is 0 Å². The van der Waals surface area contributed by atoms with Gasteiger partial charge in [-0.2, -0.15) is 0 Å². The zero-order valence-corrected chi connectivity index (χ0v) is 12.6. The number of carboxylic acid groups (broad SMARTS) is 1. The Kier molecular flexibility index (Phi) is 4.16. The highest BCUT2D eigenvalue weighted by Crippen LogP contribution is 2.44. The van der Waals surface area contributed by atoms with E-state index in [1.54, 1.807) is 0 Å². The lowest BCUT2D eigenvalue weighted by molar-refractivity contribution is -0.147. The summed E-state index contributed by atoms with van der Waals surface area (Å²) in [6.07, 6.45) is 3.01. The predicted molar refractivity (Wildman–Crippen MR) is 81.6 cm³/mol. The molecular weight excluding hydrogens is 282 g/mol. The van der Waals surface area contributed by atoms with E-state index >= 15 is 0 Å². The highest BCUT2D eigenvalue weighted by molar-refractivity contribution is 5.96. The maximum atomic E-state index is 12.5. The molecule has 4 atom stereocenters. The molecule has 2 fully saturated rings. The van der Waals surface area contributed by atoms with E-state index in [1.807, 2.05) is 24.3 Å². The fraction of sp³-hybridized carbons (Fsp3) is 0.529. The van der Waals surface area contributed by atoms with Crippen LogP contribution >= 0.6 is 0 Å². The van der Waals surface area contributed by atoms with Gasteiger partial charge >= 0.3 is 5.97 Å². The van der Waals surface area contributed by atoms with Crippen molar-refractivity contribution in [2.45, 2.75) is 44.8 Å². The van der Waals surface area contributed by atoms with Crippen LogP contribution in [0.5, 0.6) is 0 Å². The average molecular weight is 303 g/mol. The predicted octanol–water partition coefficient (Wildman–Crippen LogP) is 2.46. The molecule has 0 saturated carbocycles. The van der Waals surface area contributed by atoms with Gasteiger partial charge in [0.1, 0.15) is 0 Å². The van der Waals surface area contributed by atoms with E-state index in [1.165, 1.54) is 5.56 Å². The Hall–Kier alpha value is -1.88. The van der Waals surface area contributed by atoms with Crippen LogP contribution in [0.2, 0.25) is 0 Å². The molecule has 0 aliphatic carbocycles. The zero-order valence-electron chi connectivity index (χ0n) is 12.6. The number of fused-ring (bicyclic) bond motifs is 2. The van der Waals surface area contributed by atoms with Gasteiger partial charge in [0, 0.05) is 5.69 Å². The topological polar surface area (TPSA) is 75.6 Å². The van der Waals surface area contributed by atoms with Crippen molar-refractivity contribution in [1.29, 1.82) is 0 Å². The SMILES string of the molecule is CCCc1ccc(NC(=O)[C@@H]2[C@@H](C(=O)O)[C@H]3CC[C@H]2O3)cc1. The first kappa shape index (κ1) is 15.0. The quantitative estimate of drug-likeness (QED) is 0.876. The molecule has 118 valence electrons. The molecule has 1 aromatic rings. The van der Waals surface area contributed by atoms with Gasteiger partial charge in [-0.05, 0) is 37.0 Å². The van der Waals surface area contributed by atoms with Gasteiger partial charge in [0.2, 0.25) is 5.91 Å². The molecule has 2 aliphatic heterocycles. The molecule has 2 bridgehead atoms. The largest absolute Gasteiger partial charge is 0.481 e. The number of hydrogen-bond donors (Lipinski definition) is 2. The Morgan fingerprint density at radius 3 is 2.41 bits per heavy atom. The number of anilines is 1. The molecular formula is C17H21NO4. The van der Waals surface area contributed by atoms with Crippen molar-refractivity contribution in [2.75, 3.05) is 5.32 Å². The lowest BCUT2D eigenvalue weighted by Crippen LogP contribution is -2.40. The monoisotopic (exact) mass is 303 g/mol. The first-order valence-corrected chi connectivity index (χ1v) is 7.88. The molecule has 1 aromatic carbocycles. The lowest BCUT2D eigenvalue weighted by Gasteiger charge is -2.23. The molecule has 3 rings (SSSR count). The normalized spacial score (nSPS) is 29.5. The van der Waals surface area contributed by atoms with E-state index < -0.39 is 17.8 Å². The van der Waals surface area contributed by atoms with Gasteiger partial charge in [-0.3, -0.25) is 9.59 Å². The van der Waals surface area contributed by atoms with Gasteiger partial charge in [0.05, 0.1) is 24.0 Å². The van der Waals surface area contributed by atoms with Crippen molar-refractivity contribution < 1.29 is 19.4 Å². The van der Waals surface area contributed by atoms with Crippen molar-refractivity contribution in [1.82, 2.24) is 0 Å². The van der Waals surface area contributed by atoms with Crippen molar-refractivity contribution in [3.63, 3.8) is 0 Å². The van der Waals surface area contributed by atoms with Crippen LogP contribution < -0.4 is 5.32 Å². The molecule has 2 heterocycles. The highest BCUT2D eigenvalue weighted by atomic mass is 16.5. The second-order valence-electron chi connectivity index (χ2n) is 6.12. The standard InChI is InChI=1S/C17H21NO4/c1-2-3-10-4-6-11(7-5-10)18-16(19)14-12-8-9-13(22-12)15(14)17(20)21/h4-7,12-15H,2-3,8-9H2,1H3,(H,18,19)(H,20,21)/t12-,13-,14+,15+/m1/s1. The summed E-state index contributed by atoms with van der Waals surface area (Å²) in [4.78, 5) is 23.9. The van der Waals surface area contributed by atoms with Crippen LogP contribution in [0.25, 0.3) is 0 Å². The summed E-state index contributed by atoms with van der Waals surface area (Å²) in [6.45, 7) is 2.12. The minimum absolute atomic E-state index is 0.247. The number of rotatable bonds is 5. The van der Waals surface area contributed by atoms with Gasteiger partial charge < -0.3 is 15.2 Å². The molecule has 22 heavy (non-hydrogen) atoms. The molecule has 0 spiro atoms. The first-order valence-electron chi connectivity index (χ1n) is 7.88. The molecule has 0 radical (unpaired) electrons. The van der Waals surface area contributed by atoms with Crippen molar-refractivity contribution in [3.8, 4) is 0 Å². The Labute approximate surface area is 129 Å². The summed E-state index contributed by atoms with van der Waals surface area (Å²) in [5.74, 6) is -2.50. The average Bonchev–Trinajstić information content (AvgIpc) is 3.10. The summed E-state index contributed by atoms with van der Waals surface area (Å²) in [6, 6.07) is 7.72. The fourth-order valence-electron chi connectivity index (χ4n) is 3.59. The number of hydrogen-bond acceptors (Lipinski definition) is 3. The summed E-state index contributed by atoms with van der Waals surface area (Å²) < 4.78 is 5.63. The summed E-state index contributed by atoms with van der Waals surface area (Å²) in [5.41, 5.74) is 1.93. The minimum atomic E-state index is -0.939. The van der Waals surface area contributed by atoms with E-state index in [2.05, 4.69) is 12.2 Å². The third-order valence-electron chi connectivity index (χ3n) is 4.62. The van der Waals surface area contributed by atoms with Crippen molar-refractivity contribution >= 4 is 17.6 Å². The molecule has 0 aromatic heterocycles. The van der Waals surface area contributed by atoms with Crippen LogP contribution in [-0.2, 0) is 20.7 Å². The van der Waals surface area contributed by atoms with Crippen LogP contribution in [0, 0.1) is 11.8 Å². The van der Waals surface area contributed by atoms with Gasteiger partial charge in [-0.15, -0.1) is 0 Å². The van der Waals surface area contributed by atoms with Crippen LogP contribution in [0.1, 0.15) is 31.7 Å². The number of carbonyl (C=O) groups excluding carboxylic acids is 1. The third-order valence-corrected chi connectivity index (χ3v) is 4.62. The minimum Gasteiger partial charge on any atom is -0.481 e. The van der Waals surface area contributed by atoms with Crippen LogP contribution in [0.3, 0.4) is 0 Å². The maximum Gasteiger partial charge on any atom is 0.310 e. The molecule has 5 nitrogen and oxygen atoms in total. The second kappa shape index (κ2) is 6.08. The number of ether oxygens (including phenoxy) is 1. The number of aliphatic carboxylic acids is 1. The van der Waals surface area contributed by atoms with Crippen molar-refractivity contribution in [2.24, 2.45) is 11.8 Å². The fourth-order valence-corrected chi connectivity index (χ4v) is 3.59. The second-order valence-corrected chi connectivity index (χ2v) is 6.12. The molecule has 5 heteroatoms. The molecule has 2 N–H and O–H groups in total. The van der Waals surface area contributed by atoms with E-state index in [0.717, 1.165) is 25.7 Å². The van der Waals surface area contributed by atoms with E-state index in [4.69, 9.17) is 4.74 Å². The van der Waals surface area contributed by atoms with Gasteiger partial charge in [0.25, 0.3) is 0 Å². The molecule has 2 aliphatic rings. The number of benzene rings is 1. The Morgan fingerprint density at radius 1 is 1.18 bits per heavy atom. The van der Waals surface area contributed by atoms with Gasteiger partial charge in [-0.1, -0.05) is 25.5 Å². The maximum absolute atomic E-state index is 12.5. The van der Waals surface area contributed by atoms with Crippen LogP contribution in [0.4, 0.5) is 5.69 Å². The van der Waals surface area contributed by atoms with Crippen molar-refractivity contribution in [3.05, 3.63) is 29.8 Å². The summed E-state index contributed by atoms with van der Waals surface area (Å²) in [7, 11) is 0. The summed E-state index contributed by atoms with van der Waals surface area (Å²) >= 11 is 0. The number of nitrogens with one attached hydrogen (secondary N) is 1. The third kappa shape index (κ3) is 2.73. The van der Waals surface area contributed by atoms with E-state index in [9.17, 15) is 14.7 Å². The Bertz CT molecular complexity index is 569. The highest BCUT2D eigenvalue weighted by Gasteiger charge is 2.55. The zero-order chi connectivity index (χ0) is 15.7. The Morgan fingerprint density at radius 2 is 1.82 bits per heavy atom. The van der Waals surface area contributed by atoms with Gasteiger partial charge in [-0.25, -0.2) is 0 Å².